The van der Waals surface area contributed by atoms with E-state index >= 15 is 0 Å². The summed E-state index contributed by atoms with van der Waals surface area (Å²) in [6.45, 7) is 0. The van der Waals surface area contributed by atoms with Gasteiger partial charge in [-0.3, -0.25) is 9.10 Å². The molecule has 0 atom stereocenters. The number of amides is 1. The van der Waals surface area contributed by atoms with Crippen molar-refractivity contribution in [2.45, 2.75) is 4.90 Å². The number of benzene rings is 3. The Morgan fingerprint density at radius 2 is 1.61 bits per heavy atom. The molecule has 0 saturated carbocycles. The molecule has 168 valence electrons. The number of hydrogen-bond donors (Lipinski definition) is 1. The van der Waals surface area contributed by atoms with E-state index in [9.17, 15) is 13.2 Å². The van der Waals surface area contributed by atoms with Gasteiger partial charge in [0.15, 0.2) is 0 Å². The number of para-hydroxylation sites is 3. The lowest BCUT2D eigenvalue weighted by Crippen LogP contribution is -2.27. The molecule has 0 spiro atoms. The zero-order chi connectivity index (χ0) is 23.4. The molecule has 3 aromatic carbocycles. The molecule has 0 aliphatic heterocycles. The number of ether oxygens (including phenoxy) is 1. The number of rotatable bonds is 7. The summed E-state index contributed by atoms with van der Waals surface area (Å²) in [6.07, 6.45) is 0. The number of thiophene rings is 1. The van der Waals surface area contributed by atoms with E-state index in [1.165, 1.54) is 38.4 Å². The van der Waals surface area contributed by atoms with Crippen molar-refractivity contribution in [3.63, 3.8) is 0 Å². The molecule has 1 amide bonds. The SMILES string of the molecule is COc1ccccc1N(C)S(=O)(=O)c1ccc(C(=O)Nc2ccccc2-c2cccs2)cc1. The summed E-state index contributed by atoms with van der Waals surface area (Å²) in [5.74, 6) is 0.130. The Bertz CT molecular complexity index is 1370. The van der Waals surface area contributed by atoms with Crippen molar-refractivity contribution in [2.75, 3.05) is 23.8 Å². The lowest BCUT2D eigenvalue weighted by Gasteiger charge is -2.21. The van der Waals surface area contributed by atoms with Crippen molar-refractivity contribution in [3.8, 4) is 16.2 Å². The number of nitrogens with zero attached hydrogens (tertiary/aromatic N) is 1. The molecule has 1 N–H and O–H groups in total. The van der Waals surface area contributed by atoms with Crippen LogP contribution in [0.3, 0.4) is 0 Å². The normalized spacial score (nSPS) is 11.1. The molecule has 0 bridgehead atoms. The standard InChI is InChI=1S/C25H22N2O4S2/c1-27(22-10-5-6-11-23(22)31-2)33(29,30)19-15-13-18(14-16-19)25(28)26-21-9-4-3-8-20(21)24-12-7-17-32-24/h3-17H,1-2H3,(H,26,28). The van der Waals surface area contributed by atoms with Crippen molar-refractivity contribution < 1.29 is 17.9 Å². The highest BCUT2D eigenvalue weighted by atomic mass is 32.2. The maximum atomic E-state index is 13.1. The molecule has 1 aromatic heterocycles. The molecule has 0 aliphatic rings. The first-order valence-corrected chi connectivity index (χ1v) is 12.4. The molecule has 4 aromatic rings. The van der Waals surface area contributed by atoms with E-state index in [4.69, 9.17) is 4.74 Å². The summed E-state index contributed by atoms with van der Waals surface area (Å²) >= 11 is 1.59. The second-order valence-electron chi connectivity index (χ2n) is 7.15. The first-order valence-electron chi connectivity index (χ1n) is 10.1. The van der Waals surface area contributed by atoms with Gasteiger partial charge in [0.25, 0.3) is 15.9 Å². The maximum Gasteiger partial charge on any atom is 0.264 e. The van der Waals surface area contributed by atoms with E-state index in [-0.39, 0.29) is 10.8 Å². The highest BCUT2D eigenvalue weighted by Gasteiger charge is 2.24. The highest BCUT2D eigenvalue weighted by molar-refractivity contribution is 7.92. The van der Waals surface area contributed by atoms with Crippen LogP contribution in [-0.4, -0.2) is 28.5 Å². The van der Waals surface area contributed by atoms with Crippen LogP contribution in [0.25, 0.3) is 10.4 Å². The lowest BCUT2D eigenvalue weighted by atomic mass is 10.1. The number of carbonyl (C=O) groups excluding carboxylic acids is 1. The molecule has 0 radical (unpaired) electrons. The van der Waals surface area contributed by atoms with E-state index in [1.54, 1.807) is 35.6 Å². The first kappa shape index (κ1) is 22.6. The summed E-state index contributed by atoms with van der Waals surface area (Å²) in [5, 5.41) is 4.91. The van der Waals surface area contributed by atoms with Gasteiger partial charge in [-0.2, -0.15) is 0 Å². The zero-order valence-corrected chi connectivity index (χ0v) is 19.7. The van der Waals surface area contributed by atoms with E-state index in [1.807, 2.05) is 41.8 Å². The van der Waals surface area contributed by atoms with Crippen LogP contribution in [0, 0.1) is 0 Å². The molecule has 0 saturated heterocycles. The van der Waals surface area contributed by atoms with Gasteiger partial charge in [-0.1, -0.05) is 36.4 Å². The van der Waals surface area contributed by atoms with Gasteiger partial charge in [-0.05, 0) is 53.9 Å². The van der Waals surface area contributed by atoms with Gasteiger partial charge < -0.3 is 10.1 Å². The summed E-state index contributed by atoms with van der Waals surface area (Å²) in [7, 11) is -0.882. The van der Waals surface area contributed by atoms with Crippen LogP contribution < -0.4 is 14.4 Å². The van der Waals surface area contributed by atoms with Crippen LogP contribution in [0.1, 0.15) is 10.4 Å². The number of sulfonamides is 1. The predicted octanol–water partition coefficient (Wildman–Crippen LogP) is 5.50. The van der Waals surface area contributed by atoms with E-state index < -0.39 is 10.0 Å². The summed E-state index contributed by atoms with van der Waals surface area (Å²) < 4.78 is 32.7. The van der Waals surface area contributed by atoms with Crippen LogP contribution in [-0.2, 0) is 10.0 Å². The minimum Gasteiger partial charge on any atom is -0.495 e. The molecule has 33 heavy (non-hydrogen) atoms. The molecule has 0 fully saturated rings. The topological polar surface area (TPSA) is 75.7 Å². The summed E-state index contributed by atoms with van der Waals surface area (Å²) in [5.41, 5.74) is 2.40. The fourth-order valence-electron chi connectivity index (χ4n) is 3.39. The van der Waals surface area contributed by atoms with Crippen molar-refractivity contribution in [2.24, 2.45) is 0 Å². The Balaban J connectivity index is 1.56. The minimum absolute atomic E-state index is 0.0754. The predicted molar refractivity (Wildman–Crippen MR) is 133 cm³/mol. The van der Waals surface area contributed by atoms with Crippen LogP contribution in [0.2, 0.25) is 0 Å². The number of hydrogen-bond acceptors (Lipinski definition) is 5. The summed E-state index contributed by atoms with van der Waals surface area (Å²) in [6, 6.07) is 24.3. The van der Waals surface area contributed by atoms with Crippen molar-refractivity contribution in [3.05, 3.63) is 95.9 Å². The third-order valence-electron chi connectivity index (χ3n) is 5.16. The Hall–Kier alpha value is -3.62. The monoisotopic (exact) mass is 478 g/mol. The Morgan fingerprint density at radius 1 is 0.909 bits per heavy atom. The van der Waals surface area contributed by atoms with E-state index in [0.717, 1.165) is 14.7 Å². The smallest absolute Gasteiger partial charge is 0.264 e. The average Bonchev–Trinajstić information content (AvgIpc) is 3.38. The third-order valence-corrected chi connectivity index (χ3v) is 7.85. The molecular formula is C25H22N2O4S2. The minimum atomic E-state index is -3.84. The number of methoxy groups -OCH3 is 1. The molecule has 8 heteroatoms. The van der Waals surface area contributed by atoms with Gasteiger partial charge in [-0.25, -0.2) is 8.42 Å². The molecule has 0 aliphatic carbocycles. The Kier molecular flexibility index (Phi) is 6.48. The van der Waals surface area contributed by atoms with Crippen LogP contribution in [0.15, 0.2) is 95.2 Å². The zero-order valence-electron chi connectivity index (χ0n) is 18.1. The van der Waals surface area contributed by atoms with Gasteiger partial charge >= 0.3 is 0 Å². The largest absolute Gasteiger partial charge is 0.495 e. The fourth-order valence-corrected chi connectivity index (χ4v) is 5.36. The molecule has 0 unspecified atom stereocenters. The van der Waals surface area contributed by atoms with E-state index in [0.29, 0.717) is 22.7 Å². The maximum absolute atomic E-state index is 13.1. The van der Waals surface area contributed by atoms with Gasteiger partial charge in [0.1, 0.15) is 5.75 Å². The summed E-state index contributed by atoms with van der Waals surface area (Å²) in [4.78, 5) is 14.0. The third kappa shape index (κ3) is 4.62. The van der Waals surface area contributed by atoms with Gasteiger partial charge in [-0.15, -0.1) is 11.3 Å². The van der Waals surface area contributed by atoms with Crippen molar-refractivity contribution >= 4 is 38.6 Å². The Labute approximate surface area is 197 Å². The van der Waals surface area contributed by atoms with Crippen LogP contribution in [0.4, 0.5) is 11.4 Å². The average molecular weight is 479 g/mol. The molecule has 1 heterocycles. The quantitative estimate of drug-likeness (QED) is 0.381. The van der Waals surface area contributed by atoms with Crippen molar-refractivity contribution in [1.82, 2.24) is 0 Å². The highest BCUT2D eigenvalue weighted by Crippen LogP contribution is 2.32. The van der Waals surface area contributed by atoms with Crippen LogP contribution >= 0.6 is 11.3 Å². The molecule has 6 nitrogen and oxygen atoms in total. The lowest BCUT2D eigenvalue weighted by molar-refractivity contribution is 0.102. The molecular weight excluding hydrogens is 456 g/mol. The number of carbonyl (C=O) groups is 1. The molecule has 4 rings (SSSR count). The second kappa shape index (κ2) is 9.48. The number of nitrogens with one attached hydrogen (secondary N) is 1. The van der Waals surface area contributed by atoms with Crippen LogP contribution in [0.5, 0.6) is 5.75 Å². The second-order valence-corrected chi connectivity index (χ2v) is 10.1. The van der Waals surface area contributed by atoms with Gasteiger partial charge in [0.05, 0.1) is 17.7 Å². The first-order chi connectivity index (χ1) is 15.9. The fraction of sp³-hybridized carbons (Fsp3) is 0.0800. The van der Waals surface area contributed by atoms with Gasteiger partial charge in [0.2, 0.25) is 0 Å². The van der Waals surface area contributed by atoms with E-state index in [2.05, 4.69) is 5.32 Å². The van der Waals surface area contributed by atoms with Crippen molar-refractivity contribution in [1.29, 1.82) is 0 Å². The number of anilines is 2. The van der Waals surface area contributed by atoms with Gasteiger partial charge in [0, 0.05) is 28.7 Å². The Morgan fingerprint density at radius 3 is 2.30 bits per heavy atom.